The smallest absolute Gasteiger partial charge is 0.0785 e. The van der Waals surface area contributed by atoms with E-state index in [9.17, 15) is 0 Å². The molecule has 0 bridgehead atoms. The van der Waals surface area contributed by atoms with Crippen LogP contribution >= 0.6 is 58.0 Å². The SMILES string of the molecule is CCNCc1cc(-c2c(Cl)cc(Cl)c(Cl)c2Cl)ccc1Cl. The van der Waals surface area contributed by atoms with Crippen LogP contribution in [0.2, 0.25) is 25.1 Å². The molecule has 0 spiro atoms. The van der Waals surface area contributed by atoms with E-state index in [2.05, 4.69) is 5.32 Å². The summed E-state index contributed by atoms with van der Waals surface area (Å²) >= 11 is 30.8. The molecule has 0 aliphatic heterocycles. The Morgan fingerprint density at radius 2 is 1.57 bits per heavy atom. The van der Waals surface area contributed by atoms with E-state index >= 15 is 0 Å². The summed E-state index contributed by atoms with van der Waals surface area (Å²) in [5, 5.41) is 5.34. The molecular weight excluding hydrogens is 371 g/mol. The number of nitrogens with one attached hydrogen (secondary N) is 1. The van der Waals surface area contributed by atoms with Crippen LogP contribution in [0.1, 0.15) is 12.5 Å². The van der Waals surface area contributed by atoms with Crippen LogP contribution < -0.4 is 5.32 Å². The highest BCUT2D eigenvalue weighted by Gasteiger charge is 2.16. The van der Waals surface area contributed by atoms with Gasteiger partial charge >= 0.3 is 0 Å². The Labute approximate surface area is 149 Å². The Morgan fingerprint density at radius 3 is 2.24 bits per heavy atom. The summed E-state index contributed by atoms with van der Waals surface area (Å²) in [6.07, 6.45) is 0. The van der Waals surface area contributed by atoms with Crippen LogP contribution in [0.25, 0.3) is 11.1 Å². The number of hydrogen-bond donors (Lipinski definition) is 1. The van der Waals surface area contributed by atoms with Gasteiger partial charge in [0, 0.05) is 17.1 Å². The average molecular weight is 384 g/mol. The molecule has 0 saturated heterocycles. The van der Waals surface area contributed by atoms with Gasteiger partial charge in [0.2, 0.25) is 0 Å². The molecule has 0 radical (unpaired) electrons. The van der Waals surface area contributed by atoms with Gasteiger partial charge in [-0.15, -0.1) is 0 Å². The summed E-state index contributed by atoms with van der Waals surface area (Å²) in [6.45, 7) is 3.55. The van der Waals surface area contributed by atoms with Crippen LogP contribution in [0, 0.1) is 0 Å². The van der Waals surface area contributed by atoms with Gasteiger partial charge in [0.1, 0.15) is 0 Å². The second-order valence-corrected chi connectivity index (χ2v) is 6.41. The van der Waals surface area contributed by atoms with Gasteiger partial charge in [-0.05, 0) is 35.9 Å². The van der Waals surface area contributed by atoms with Crippen molar-refractivity contribution in [1.82, 2.24) is 5.32 Å². The number of hydrogen-bond acceptors (Lipinski definition) is 1. The van der Waals surface area contributed by atoms with Crippen molar-refractivity contribution in [2.24, 2.45) is 0 Å². The van der Waals surface area contributed by atoms with Gasteiger partial charge in [0.25, 0.3) is 0 Å². The van der Waals surface area contributed by atoms with Crippen molar-refractivity contribution in [1.29, 1.82) is 0 Å². The summed E-state index contributed by atoms with van der Waals surface area (Å²) in [5.41, 5.74) is 2.47. The molecule has 0 amide bonds. The fourth-order valence-corrected chi connectivity index (χ4v) is 3.27. The molecule has 0 aliphatic rings. The zero-order valence-corrected chi connectivity index (χ0v) is 14.9. The molecule has 21 heavy (non-hydrogen) atoms. The molecule has 112 valence electrons. The molecule has 0 saturated carbocycles. The quantitative estimate of drug-likeness (QED) is 0.456. The monoisotopic (exact) mass is 381 g/mol. The molecule has 2 rings (SSSR count). The lowest BCUT2D eigenvalue weighted by Crippen LogP contribution is -2.12. The normalized spacial score (nSPS) is 11.0. The first-order chi connectivity index (χ1) is 9.95. The van der Waals surface area contributed by atoms with E-state index < -0.39 is 0 Å². The Kier molecular flexibility index (Phi) is 6.07. The zero-order chi connectivity index (χ0) is 15.6. The molecule has 0 heterocycles. The fraction of sp³-hybridized carbons (Fsp3) is 0.200. The van der Waals surface area contributed by atoms with Crippen LogP contribution in [0.4, 0.5) is 0 Å². The minimum absolute atomic E-state index is 0.293. The van der Waals surface area contributed by atoms with Gasteiger partial charge in [0.15, 0.2) is 0 Å². The zero-order valence-electron chi connectivity index (χ0n) is 11.1. The Hall–Kier alpha value is -0.150. The van der Waals surface area contributed by atoms with Crippen LogP contribution in [0.3, 0.4) is 0 Å². The summed E-state index contributed by atoms with van der Waals surface area (Å²) < 4.78 is 0. The molecule has 0 unspecified atom stereocenters. The van der Waals surface area contributed by atoms with Crippen LogP contribution in [-0.4, -0.2) is 6.54 Å². The third-order valence-corrected chi connectivity index (χ3v) is 4.94. The lowest BCUT2D eigenvalue weighted by Gasteiger charge is -2.13. The molecule has 1 nitrogen and oxygen atoms in total. The predicted molar refractivity (Wildman–Crippen MR) is 94.3 cm³/mol. The van der Waals surface area contributed by atoms with Gasteiger partial charge in [-0.25, -0.2) is 0 Å². The number of halogens is 5. The molecule has 6 heteroatoms. The van der Waals surface area contributed by atoms with E-state index in [4.69, 9.17) is 58.0 Å². The summed E-state index contributed by atoms with van der Waals surface area (Å²) in [6, 6.07) is 7.21. The van der Waals surface area contributed by atoms with Crippen molar-refractivity contribution in [3.63, 3.8) is 0 Å². The van der Waals surface area contributed by atoms with Crippen molar-refractivity contribution in [2.75, 3.05) is 6.54 Å². The van der Waals surface area contributed by atoms with Crippen LogP contribution in [0.5, 0.6) is 0 Å². The third-order valence-electron chi connectivity index (χ3n) is 3.01. The van der Waals surface area contributed by atoms with E-state index in [1.165, 1.54) is 0 Å². The average Bonchev–Trinajstić information content (AvgIpc) is 2.45. The van der Waals surface area contributed by atoms with Crippen molar-refractivity contribution < 1.29 is 0 Å². The third kappa shape index (κ3) is 3.79. The van der Waals surface area contributed by atoms with Crippen molar-refractivity contribution in [2.45, 2.75) is 13.5 Å². The Balaban J connectivity index is 2.55. The molecule has 1 N–H and O–H groups in total. The van der Waals surface area contributed by atoms with Gasteiger partial charge < -0.3 is 5.32 Å². The topological polar surface area (TPSA) is 12.0 Å². The fourth-order valence-electron chi connectivity index (χ4n) is 1.96. The number of rotatable bonds is 4. The maximum atomic E-state index is 6.29. The van der Waals surface area contributed by atoms with Gasteiger partial charge in [-0.1, -0.05) is 71.0 Å². The lowest BCUT2D eigenvalue weighted by atomic mass is 10.0. The minimum atomic E-state index is 0.293. The maximum absolute atomic E-state index is 6.29. The van der Waals surface area contributed by atoms with Crippen molar-refractivity contribution in [3.8, 4) is 11.1 Å². The molecule has 2 aromatic carbocycles. The molecule has 0 fully saturated rings. The predicted octanol–water partition coefficient (Wildman–Crippen LogP) is 6.73. The van der Waals surface area contributed by atoms with Gasteiger partial charge in [-0.3, -0.25) is 0 Å². The summed E-state index contributed by atoms with van der Waals surface area (Å²) in [5.74, 6) is 0. The second kappa shape index (κ2) is 7.41. The van der Waals surface area contributed by atoms with E-state index in [0.717, 1.165) is 17.7 Å². The van der Waals surface area contributed by atoms with Crippen molar-refractivity contribution in [3.05, 3.63) is 54.9 Å². The second-order valence-electron chi connectivity index (χ2n) is 4.43. The molecule has 2 aromatic rings. The van der Waals surface area contributed by atoms with Crippen LogP contribution in [-0.2, 0) is 6.54 Å². The minimum Gasteiger partial charge on any atom is -0.313 e. The first kappa shape index (κ1) is 17.2. The Morgan fingerprint density at radius 1 is 0.857 bits per heavy atom. The first-order valence-corrected chi connectivity index (χ1v) is 8.17. The van der Waals surface area contributed by atoms with Gasteiger partial charge in [0.05, 0.1) is 20.1 Å². The summed E-state index contributed by atoms with van der Waals surface area (Å²) in [7, 11) is 0. The lowest BCUT2D eigenvalue weighted by molar-refractivity contribution is 0.727. The first-order valence-electron chi connectivity index (χ1n) is 6.28. The van der Waals surface area contributed by atoms with Gasteiger partial charge in [-0.2, -0.15) is 0 Å². The van der Waals surface area contributed by atoms with Crippen molar-refractivity contribution >= 4 is 58.0 Å². The number of benzene rings is 2. The molecule has 0 aromatic heterocycles. The van der Waals surface area contributed by atoms with Crippen LogP contribution in [0.15, 0.2) is 24.3 Å². The maximum Gasteiger partial charge on any atom is 0.0785 e. The van der Waals surface area contributed by atoms with E-state index in [0.29, 0.717) is 37.2 Å². The largest absolute Gasteiger partial charge is 0.313 e. The van der Waals surface area contributed by atoms with E-state index in [1.54, 1.807) is 6.07 Å². The molecular formula is C15H12Cl5N. The Bertz CT molecular complexity index is 670. The van der Waals surface area contributed by atoms with E-state index in [-0.39, 0.29) is 0 Å². The highest BCUT2D eigenvalue weighted by Crippen LogP contribution is 2.43. The molecule has 0 aliphatic carbocycles. The summed E-state index contributed by atoms with van der Waals surface area (Å²) in [4.78, 5) is 0. The highest BCUT2D eigenvalue weighted by molar-refractivity contribution is 6.51. The van der Waals surface area contributed by atoms with E-state index in [1.807, 2.05) is 25.1 Å². The highest BCUT2D eigenvalue weighted by atomic mass is 35.5. The molecule has 0 atom stereocenters. The standard InChI is InChI=1S/C15H12Cl5N/c1-2-21-7-9-5-8(3-4-10(9)16)13-11(17)6-12(18)14(19)15(13)20/h3-6,21H,2,7H2,1H3.